The quantitative estimate of drug-likeness (QED) is 0.272. The normalized spacial score (nSPS) is 18.4. The number of ether oxygens (including phenoxy) is 1. The largest absolute Gasteiger partial charge is 0.480 e. The summed E-state index contributed by atoms with van der Waals surface area (Å²) in [6.45, 7) is 19.9. The summed E-state index contributed by atoms with van der Waals surface area (Å²) in [6.07, 6.45) is 6.31. The van der Waals surface area contributed by atoms with Gasteiger partial charge in [0.1, 0.15) is 23.7 Å². The molecule has 0 radical (unpaired) electrons. The Morgan fingerprint density at radius 1 is 1.10 bits per heavy atom. The molecule has 2 saturated heterocycles. The molecule has 2 aliphatic heterocycles. The standard InChI is InChI=1S/C14H24N4O5.C13H13N.C10H19NO2/c1-8(2)11(15-7-19)12(20)16-9(3)13(21)18-6-4-5-10(17-18)14(22)23;1-3-10-5-6-11-7-8-12(4-2)14-13(11)9-10;1-8-6-5-7-11(8)9(12)13-10(2,3)4/h7-11,17H,4-6H2,1-3H3,(H,15,19)(H,16,20)(H,22,23);3,5-9H,1,4H2,2H3;8H,5-7H2,1-4H3/t9?,10-,11?;;/m0../s1. The molecule has 3 unspecified atom stereocenters. The lowest BCUT2D eigenvalue weighted by Crippen LogP contribution is -2.60. The van der Waals surface area contributed by atoms with Crippen molar-refractivity contribution in [3.8, 4) is 0 Å². The number of carboxylic acids is 1. The van der Waals surface area contributed by atoms with E-state index in [0.29, 0.717) is 31.8 Å². The van der Waals surface area contributed by atoms with Gasteiger partial charge in [0.25, 0.3) is 5.91 Å². The number of amides is 4. The third kappa shape index (κ3) is 13.1. The van der Waals surface area contributed by atoms with E-state index in [1.54, 1.807) is 13.8 Å². The number of aliphatic carboxylic acids is 1. The molecule has 2 fully saturated rings. The smallest absolute Gasteiger partial charge is 0.410 e. The highest BCUT2D eigenvalue weighted by molar-refractivity contribution is 5.90. The third-order valence-electron chi connectivity index (χ3n) is 8.23. The number of aromatic nitrogens is 1. The highest BCUT2D eigenvalue weighted by Gasteiger charge is 2.32. The molecule has 0 aliphatic carbocycles. The van der Waals surface area contributed by atoms with Crippen LogP contribution in [0.2, 0.25) is 0 Å². The monoisotopic (exact) mass is 696 g/mol. The van der Waals surface area contributed by atoms with Crippen LogP contribution in [0, 0.1) is 5.92 Å². The van der Waals surface area contributed by atoms with Gasteiger partial charge in [-0.25, -0.2) is 10.2 Å². The Bertz CT molecular complexity index is 1470. The van der Waals surface area contributed by atoms with E-state index in [-0.39, 0.29) is 17.6 Å². The van der Waals surface area contributed by atoms with Crippen LogP contribution in [0.1, 0.15) is 92.3 Å². The average Bonchev–Trinajstić information content (AvgIpc) is 3.51. The number of benzene rings is 1. The molecule has 4 rings (SSSR count). The highest BCUT2D eigenvalue weighted by Crippen LogP contribution is 2.20. The molecule has 2 aromatic rings. The second kappa shape index (κ2) is 19.6. The maximum absolute atomic E-state index is 12.3. The van der Waals surface area contributed by atoms with Gasteiger partial charge in [-0.05, 0) is 90.3 Å². The molecular formula is C37H56N6O7. The van der Waals surface area contributed by atoms with Gasteiger partial charge in [0.15, 0.2) is 0 Å². The molecule has 4 N–H and O–H groups in total. The number of carbonyl (C=O) groups is 5. The number of carboxylic acid groups (broad SMARTS) is 1. The van der Waals surface area contributed by atoms with Crippen LogP contribution in [0.3, 0.4) is 0 Å². The molecule has 13 nitrogen and oxygen atoms in total. The Kier molecular flexibility index (Phi) is 16.3. The van der Waals surface area contributed by atoms with Crippen LogP contribution in [0.4, 0.5) is 4.79 Å². The van der Waals surface area contributed by atoms with Gasteiger partial charge in [-0.1, -0.05) is 51.6 Å². The molecule has 1 aromatic heterocycles. The fraction of sp³-hybridized carbons (Fsp3) is 0.568. The Morgan fingerprint density at radius 3 is 2.30 bits per heavy atom. The second-order valence-electron chi connectivity index (χ2n) is 13.9. The predicted molar refractivity (Wildman–Crippen MR) is 194 cm³/mol. The number of nitrogens with zero attached hydrogens (tertiary/aromatic N) is 3. The van der Waals surface area contributed by atoms with Gasteiger partial charge in [-0.3, -0.25) is 29.2 Å². The summed E-state index contributed by atoms with van der Waals surface area (Å²) in [6, 6.07) is 8.37. The van der Waals surface area contributed by atoms with Crippen molar-refractivity contribution in [1.82, 2.24) is 31.0 Å². The van der Waals surface area contributed by atoms with E-state index in [0.717, 1.165) is 42.6 Å². The zero-order valence-electron chi connectivity index (χ0n) is 30.8. The molecule has 13 heteroatoms. The minimum absolute atomic E-state index is 0.132. The van der Waals surface area contributed by atoms with Crippen molar-refractivity contribution in [3.05, 3.63) is 48.2 Å². The van der Waals surface area contributed by atoms with Crippen LogP contribution in [0.15, 0.2) is 36.9 Å². The number of likely N-dealkylation sites (tertiary alicyclic amines) is 1. The van der Waals surface area contributed by atoms with Crippen LogP contribution < -0.4 is 16.1 Å². The fourth-order valence-electron chi connectivity index (χ4n) is 5.39. The van der Waals surface area contributed by atoms with Crippen LogP contribution in [0.5, 0.6) is 0 Å². The van der Waals surface area contributed by atoms with Crippen LogP contribution in [-0.4, -0.2) is 93.1 Å². The van der Waals surface area contributed by atoms with E-state index in [9.17, 15) is 24.0 Å². The molecule has 4 amide bonds. The zero-order valence-corrected chi connectivity index (χ0v) is 30.8. The number of hydrogen-bond acceptors (Lipinski definition) is 8. The number of nitrogens with one attached hydrogen (secondary N) is 3. The summed E-state index contributed by atoms with van der Waals surface area (Å²) in [5, 5.41) is 16.4. The van der Waals surface area contributed by atoms with Crippen molar-refractivity contribution in [3.63, 3.8) is 0 Å². The highest BCUT2D eigenvalue weighted by atomic mass is 16.6. The number of fused-ring (bicyclic) bond motifs is 1. The van der Waals surface area contributed by atoms with E-state index in [1.165, 1.54) is 17.3 Å². The van der Waals surface area contributed by atoms with Crippen molar-refractivity contribution in [2.45, 2.75) is 117 Å². The molecule has 2 aliphatic rings. The van der Waals surface area contributed by atoms with E-state index < -0.39 is 35.9 Å². The Morgan fingerprint density at radius 2 is 1.76 bits per heavy atom. The lowest BCUT2D eigenvalue weighted by molar-refractivity contribution is -0.148. The first-order chi connectivity index (χ1) is 23.5. The SMILES string of the molecule is C=Cc1ccc2ccc(CC)nc2c1.CC(NC(=O)C(NC=O)C(C)C)C(=O)N1CCC[C@@H](C(=O)O)N1.CC1CCCN1C(=O)OC(C)(C)C. The minimum atomic E-state index is -1.02. The van der Waals surface area contributed by atoms with Gasteiger partial charge in [-0.15, -0.1) is 0 Å². The lowest BCUT2D eigenvalue weighted by atomic mass is 10.0. The average molecular weight is 697 g/mol. The zero-order chi connectivity index (χ0) is 37.6. The summed E-state index contributed by atoms with van der Waals surface area (Å²) >= 11 is 0. The summed E-state index contributed by atoms with van der Waals surface area (Å²) in [4.78, 5) is 63.9. The van der Waals surface area contributed by atoms with E-state index in [4.69, 9.17) is 9.84 Å². The number of rotatable bonds is 9. The fourth-order valence-corrected chi connectivity index (χ4v) is 5.39. The van der Waals surface area contributed by atoms with Gasteiger partial charge in [0.05, 0.1) is 5.52 Å². The molecule has 0 spiro atoms. The summed E-state index contributed by atoms with van der Waals surface area (Å²) < 4.78 is 5.28. The first-order valence-corrected chi connectivity index (χ1v) is 17.3. The molecule has 0 saturated carbocycles. The maximum Gasteiger partial charge on any atom is 0.410 e. The van der Waals surface area contributed by atoms with Crippen molar-refractivity contribution in [2.75, 3.05) is 13.1 Å². The lowest BCUT2D eigenvalue weighted by Gasteiger charge is -2.34. The molecule has 1 aromatic carbocycles. The first kappa shape index (κ1) is 41.7. The van der Waals surface area contributed by atoms with Gasteiger partial charge in [0, 0.05) is 30.2 Å². The van der Waals surface area contributed by atoms with Gasteiger partial charge in [-0.2, -0.15) is 0 Å². The minimum Gasteiger partial charge on any atom is -0.480 e. The van der Waals surface area contributed by atoms with Crippen LogP contribution in [0.25, 0.3) is 17.0 Å². The summed E-state index contributed by atoms with van der Waals surface area (Å²) in [5.41, 5.74) is 5.59. The van der Waals surface area contributed by atoms with Gasteiger partial charge < -0.3 is 25.4 Å². The predicted octanol–water partition coefficient (Wildman–Crippen LogP) is 4.69. The number of hydrazine groups is 1. The maximum atomic E-state index is 12.3. The van der Waals surface area contributed by atoms with Gasteiger partial charge >= 0.3 is 12.1 Å². The Balaban J connectivity index is 0.000000275. The molecule has 50 heavy (non-hydrogen) atoms. The second-order valence-corrected chi connectivity index (χ2v) is 13.9. The number of carbonyl (C=O) groups excluding carboxylic acids is 4. The number of hydrogen-bond donors (Lipinski definition) is 4. The van der Waals surface area contributed by atoms with E-state index in [2.05, 4.69) is 71.8 Å². The third-order valence-corrected chi connectivity index (χ3v) is 8.23. The van der Waals surface area contributed by atoms with E-state index >= 15 is 0 Å². The first-order valence-electron chi connectivity index (χ1n) is 17.3. The molecule has 4 atom stereocenters. The number of pyridine rings is 1. The van der Waals surface area contributed by atoms with Crippen molar-refractivity contribution < 1.29 is 33.8 Å². The summed E-state index contributed by atoms with van der Waals surface area (Å²) in [5.74, 6) is -2.03. The van der Waals surface area contributed by atoms with Crippen molar-refractivity contribution in [2.24, 2.45) is 5.92 Å². The Labute approximate surface area is 296 Å². The van der Waals surface area contributed by atoms with Crippen LogP contribution >= 0.6 is 0 Å². The van der Waals surface area contributed by atoms with E-state index in [1.807, 2.05) is 31.7 Å². The molecular weight excluding hydrogens is 640 g/mol. The van der Waals surface area contributed by atoms with Gasteiger partial charge in [0.2, 0.25) is 12.3 Å². The molecule has 3 heterocycles. The topological polar surface area (TPSA) is 170 Å². The number of aryl methyl sites for hydroxylation is 1. The van der Waals surface area contributed by atoms with Crippen molar-refractivity contribution >= 4 is 47.3 Å². The molecule has 0 bridgehead atoms. The summed E-state index contributed by atoms with van der Waals surface area (Å²) in [7, 11) is 0. The Hall–Kier alpha value is -4.52. The van der Waals surface area contributed by atoms with Crippen LogP contribution in [-0.2, 0) is 30.3 Å². The van der Waals surface area contributed by atoms with Crippen molar-refractivity contribution in [1.29, 1.82) is 0 Å². The molecule has 276 valence electrons.